The lowest BCUT2D eigenvalue weighted by Crippen LogP contribution is -2.24. The van der Waals surface area contributed by atoms with Gasteiger partial charge < -0.3 is 4.57 Å². The number of aromatic nitrogens is 1. The van der Waals surface area contributed by atoms with E-state index >= 15 is 0 Å². The lowest BCUT2D eigenvalue weighted by Gasteiger charge is -2.09. The van der Waals surface area contributed by atoms with E-state index in [1.807, 2.05) is 0 Å². The Morgan fingerprint density at radius 2 is 1.95 bits per heavy atom. The monoisotopic (exact) mass is 326 g/mol. The van der Waals surface area contributed by atoms with Crippen LogP contribution in [-0.4, -0.2) is 13.0 Å². The summed E-state index contributed by atoms with van der Waals surface area (Å²) in [5.41, 5.74) is 1.36. The van der Waals surface area contributed by atoms with Gasteiger partial charge in [0.1, 0.15) is 0 Å². The van der Waals surface area contributed by atoms with E-state index in [-0.39, 0.29) is 17.0 Å². The number of nitrogens with one attached hydrogen (secondary N) is 1. The average molecular weight is 327 g/mol. The van der Waals surface area contributed by atoms with Crippen LogP contribution < -0.4 is 10.3 Å². The molecular formula is C14H15ClN2O3S. The minimum absolute atomic E-state index is 0.0992. The van der Waals surface area contributed by atoms with Crippen LogP contribution in [0.15, 0.2) is 46.2 Å². The molecule has 0 bridgehead atoms. The summed E-state index contributed by atoms with van der Waals surface area (Å²) in [6.07, 6.45) is 1.59. The van der Waals surface area contributed by atoms with Crippen LogP contribution in [0.3, 0.4) is 0 Å². The number of aryl methyl sites for hydroxylation is 2. The van der Waals surface area contributed by atoms with Crippen LogP contribution in [0.25, 0.3) is 0 Å². The summed E-state index contributed by atoms with van der Waals surface area (Å²) in [6, 6.07) is 7.56. The molecule has 0 radical (unpaired) electrons. The van der Waals surface area contributed by atoms with Gasteiger partial charge >= 0.3 is 0 Å². The SMILES string of the molecule is Cc1ccc(S(=O)(=O)NCc2ccc(=O)n(C)c2)cc1Cl. The van der Waals surface area contributed by atoms with E-state index in [2.05, 4.69) is 4.72 Å². The first kappa shape index (κ1) is 15.8. The molecule has 0 amide bonds. The molecule has 2 rings (SSSR count). The Morgan fingerprint density at radius 3 is 2.57 bits per heavy atom. The molecule has 5 nitrogen and oxygen atoms in total. The summed E-state index contributed by atoms with van der Waals surface area (Å²) in [5.74, 6) is 0. The Balaban J connectivity index is 2.19. The number of hydrogen-bond donors (Lipinski definition) is 1. The molecule has 1 aromatic heterocycles. The second kappa shape index (κ2) is 6.01. The fraction of sp³-hybridized carbons (Fsp3) is 0.214. The zero-order valence-corrected chi connectivity index (χ0v) is 13.2. The Bertz CT molecular complexity index is 828. The number of hydrogen-bond acceptors (Lipinski definition) is 3. The third-order valence-corrected chi connectivity index (χ3v) is 4.87. The van der Waals surface area contributed by atoms with E-state index in [4.69, 9.17) is 11.6 Å². The molecule has 0 saturated heterocycles. The van der Waals surface area contributed by atoms with E-state index in [1.54, 1.807) is 32.3 Å². The highest BCUT2D eigenvalue weighted by Gasteiger charge is 2.14. The molecule has 0 aliphatic heterocycles. The van der Waals surface area contributed by atoms with Gasteiger partial charge in [0.15, 0.2) is 0 Å². The fourth-order valence-corrected chi connectivity index (χ4v) is 3.05. The van der Waals surface area contributed by atoms with E-state index in [0.717, 1.165) is 5.56 Å². The van der Waals surface area contributed by atoms with E-state index in [0.29, 0.717) is 10.6 Å². The van der Waals surface area contributed by atoms with Crippen molar-refractivity contribution >= 4 is 21.6 Å². The van der Waals surface area contributed by atoms with Crippen molar-refractivity contribution in [3.63, 3.8) is 0 Å². The van der Waals surface area contributed by atoms with E-state index in [1.165, 1.54) is 22.8 Å². The lowest BCUT2D eigenvalue weighted by atomic mass is 10.2. The number of sulfonamides is 1. The first-order valence-corrected chi connectivity index (χ1v) is 8.07. The molecule has 1 N–H and O–H groups in total. The third-order valence-electron chi connectivity index (χ3n) is 3.07. The van der Waals surface area contributed by atoms with Gasteiger partial charge in [0.25, 0.3) is 0 Å². The molecule has 0 aliphatic carbocycles. The molecule has 0 spiro atoms. The lowest BCUT2D eigenvalue weighted by molar-refractivity contribution is 0.581. The standard InChI is InChI=1S/C14H15ClN2O3S/c1-10-3-5-12(7-13(10)15)21(19,20)16-8-11-4-6-14(18)17(2)9-11/h3-7,9,16H,8H2,1-2H3. The molecule has 0 aliphatic rings. The highest BCUT2D eigenvalue weighted by atomic mass is 35.5. The Kier molecular flexibility index (Phi) is 4.51. The van der Waals surface area contributed by atoms with Crippen LogP contribution >= 0.6 is 11.6 Å². The highest BCUT2D eigenvalue weighted by molar-refractivity contribution is 7.89. The summed E-state index contributed by atoms with van der Waals surface area (Å²) < 4.78 is 28.2. The van der Waals surface area contributed by atoms with Crippen molar-refractivity contribution in [2.75, 3.05) is 0 Å². The van der Waals surface area contributed by atoms with Crippen LogP contribution in [0.2, 0.25) is 5.02 Å². The van der Waals surface area contributed by atoms with E-state index < -0.39 is 10.0 Å². The zero-order chi connectivity index (χ0) is 15.6. The maximum atomic E-state index is 12.2. The Morgan fingerprint density at radius 1 is 1.24 bits per heavy atom. The van der Waals surface area contributed by atoms with Gasteiger partial charge in [0, 0.05) is 30.9 Å². The van der Waals surface area contributed by atoms with Crippen molar-refractivity contribution in [1.29, 1.82) is 0 Å². The first-order valence-electron chi connectivity index (χ1n) is 6.21. The normalized spacial score (nSPS) is 11.6. The summed E-state index contributed by atoms with van der Waals surface area (Å²) in [7, 11) is -2.03. The van der Waals surface area contributed by atoms with E-state index in [9.17, 15) is 13.2 Å². The van der Waals surface area contributed by atoms with Crippen molar-refractivity contribution in [1.82, 2.24) is 9.29 Å². The fourth-order valence-electron chi connectivity index (χ4n) is 1.76. The van der Waals surface area contributed by atoms with Crippen LogP contribution in [0, 0.1) is 6.92 Å². The maximum absolute atomic E-state index is 12.2. The number of rotatable bonds is 4. The quantitative estimate of drug-likeness (QED) is 0.932. The van der Waals surface area contributed by atoms with Crippen molar-refractivity contribution in [3.8, 4) is 0 Å². The predicted molar refractivity (Wildman–Crippen MR) is 81.9 cm³/mol. The van der Waals surface area contributed by atoms with Gasteiger partial charge in [0.2, 0.25) is 15.6 Å². The van der Waals surface area contributed by atoms with Gasteiger partial charge in [-0.3, -0.25) is 4.79 Å². The number of pyridine rings is 1. The van der Waals surface area contributed by atoms with Crippen molar-refractivity contribution < 1.29 is 8.42 Å². The summed E-state index contributed by atoms with van der Waals surface area (Å²) >= 11 is 5.94. The van der Waals surface area contributed by atoms with Crippen LogP contribution in [0.4, 0.5) is 0 Å². The molecule has 21 heavy (non-hydrogen) atoms. The summed E-state index contributed by atoms with van der Waals surface area (Å²) in [4.78, 5) is 11.4. The van der Waals surface area contributed by atoms with Crippen LogP contribution in [0.5, 0.6) is 0 Å². The summed E-state index contributed by atoms with van der Waals surface area (Å²) in [6.45, 7) is 1.90. The molecule has 2 aromatic rings. The summed E-state index contributed by atoms with van der Waals surface area (Å²) in [5, 5.41) is 0.403. The molecule has 0 fully saturated rings. The molecule has 0 unspecified atom stereocenters. The van der Waals surface area contributed by atoms with Gasteiger partial charge in [-0.25, -0.2) is 13.1 Å². The van der Waals surface area contributed by atoms with Crippen LogP contribution in [0.1, 0.15) is 11.1 Å². The first-order chi connectivity index (χ1) is 9.79. The van der Waals surface area contributed by atoms with Gasteiger partial charge in [0.05, 0.1) is 4.90 Å². The van der Waals surface area contributed by atoms with Gasteiger partial charge in [-0.1, -0.05) is 23.7 Å². The third kappa shape index (κ3) is 3.72. The minimum atomic E-state index is -3.64. The Labute approximate surface area is 128 Å². The molecule has 7 heteroatoms. The second-order valence-corrected chi connectivity index (χ2v) is 6.90. The Hall–Kier alpha value is -1.63. The second-order valence-electron chi connectivity index (χ2n) is 4.72. The molecular weight excluding hydrogens is 312 g/mol. The smallest absolute Gasteiger partial charge is 0.250 e. The molecule has 112 valence electrons. The highest BCUT2D eigenvalue weighted by Crippen LogP contribution is 2.19. The number of benzene rings is 1. The van der Waals surface area contributed by atoms with Crippen LogP contribution in [-0.2, 0) is 23.6 Å². The van der Waals surface area contributed by atoms with Gasteiger partial charge in [-0.15, -0.1) is 0 Å². The number of halogens is 1. The topological polar surface area (TPSA) is 68.2 Å². The maximum Gasteiger partial charge on any atom is 0.250 e. The minimum Gasteiger partial charge on any atom is -0.318 e. The molecule has 1 heterocycles. The van der Waals surface area contributed by atoms with Crippen molar-refractivity contribution in [2.24, 2.45) is 7.05 Å². The average Bonchev–Trinajstić information content (AvgIpc) is 2.43. The number of nitrogens with zero attached hydrogens (tertiary/aromatic N) is 1. The van der Waals surface area contributed by atoms with Crippen molar-refractivity contribution in [3.05, 3.63) is 63.0 Å². The zero-order valence-electron chi connectivity index (χ0n) is 11.6. The van der Waals surface area contributed by atoms with Gasteiger partial charge in [-0.05, 0) is 30.2 Å². The molecule has 0 saturated carbocycles. The predicted octanol–water partition coefficient (Wildman–Crippen LogP) is 1.83. The largest absolute Gasteiger partial charge is 0.318 e. The molecule has 0 atom stereocenters. The molecule has 1 aromatic carbocycles. The van der Waals surface area contributed by atoms with Gasteiger partial charge in [-0.2, -0.15) is 0 Å². The van der Waals surface area contributed by atoms with Crippen molar-refractivity contribution in [2.45, 2.75) is 18.4 Å².